The zero-order valence-electron chi connectivity index (χ0n) is 12.0. The average molecular weight is 301 g/mol. The van der Waals surface area contributed by atoms with E-state index in [9.17, 15) is 4.79 Å². The van der Waals surface area contributed by atoms with E-state index in [0.29, 0.717) is 12.1 Å². The van der Waals surface area contributed by atoms with Crippen molar-refractivity contribution in [2.45, 2.75) is 18.9 Å². The van der Waals surface area contributed by atoms with Gasteiger partial charge < -0.3 is 10.4 Å². The molecular weight excluding hydrogens is 282 g/mol. The summed E-state index contributed by atoms with van der Waals surface area (Å²) in [4.78, 5) is 12.1. The second kappa shape index (κ2) is 7.86. The van der Waals surface area contributed by atoms with Crippen LogP contribution in [-0.4, -0.2) is 17.3 Å². The molecule has 0 atom stereocenters. The molecule has 2 rings (SSSR count). The van der Waals surface area contributed by atoms with E-state index in [-0.39, 0.29) is 12.5 Å². The number of hydrogen-bond donors (Lipinski definition) is 2. The van der Waals surface area contributed by atoms with Crippen molar-refractivity contribution in [2.75, 3.05) is 6.26 Å². The van der Waals surface area contributed by atoms with Crippen molar-refractivity contribution in [1.82, 2.24) is 5.32 Å². The molecule has 0 saturated carbocycles. The van der Waals surface area contributed by atoms with E-state index in [0.717, 1.165) is 16.9 Å². The first-order valence-corrected chi connectivity index (χ1v) is 8.17. The molecule has 2 aromatic rings. The number of carbonyl (C=O) groups is 1. The maximum atomic E-state index is 12.1. The standard InChI is InChI=1S/C17H19NO2S/c1-21-12-13-5-7-16(8-6-13)17(20)18-10-14-3-2-4-15(9-14)11-19/h2-9,19H,10-12H2,1H3,(H,18,20). The van der Waals surface area contributed by atoms with Crippen molar-refractivity contribution in [3.8, 4) is 0 Å². The van der Waals surface area contributed by atoms with Crippen LogP contribution < -0.4 is 5.32 Å². The number of benzene rings is 2. The second-order valence-corrected chi connectivity index (χ2v) is 5.66. The largest absolute Gasteiger partial charge is 0.392 e. The molecule has 110 valence electrons. The van der Waals surface area contributed by atoms with Crippen molar-refractivity contribution in [3.05, 3.63) is 70.8 Å². The zero-order chi connectivity index (χ0) is 15.1. The molecule has 0 spiro atoms. The number of thioether (sulfide) groups is 1. The third kappa shape index (κ3) is 4.62. The van der Waals surface area contributed by atoms with Gasteiger partial charge >= 0.3 is 0 Å². The lowest BCUT2D eigenvalue weighted by atomic mass is 10.1. The summed E-state index contributed by atoms with van der Waals surface area (Å²) in [5.74, 6) is 0.871. The topological polar surface area (TPSA) is 49.3 Å². The van der Waals surface area contributed by atoms with Crippen LogP contribution in [0.1, 0.15) is 27.0 Å². The highest BCUT2D eigenvalue weighted by atomic mass is 32.2. The maximum absolute atomic E-state index is 12.1. The highest BCUT2D eigenvalue weighted by molar-refractivity contribution is 7.97. The highest BCUT2D eigenvalue weighted by Gasteiger charge is 2.05. The Morgan fingerprint density at radius 2 is 1.81 bits per heavy atom. The Hall–Kier alpha value is -1.78. The van der Waals surface area contributed by atoms with Gasteiger partial charge in [0.2, 0.25) is 0 Å². The smallest absolute Gasteiger partial charge is 0.251 e. The van der Waals surface area contributed by atoms with Gasteiger partial charge in [-0.05, 0) is 35.1 Å². The number of aliphatic hydroxyl groups excluding tert-OH is 1. The van der Waals surface area contributed by atoms with Gasteiger partial charge in [0.1, 0.15) is 0 Å². The molecule has 1 amide bonds. The van der Waals surface area contributed by atoms with Gasteiger partial charge in [0.25, 0.3) is 5.91 Å². The summed E-state index contributed by atoms with van der Waals surface area (Å²) in [6.45, 7) is 0.470. The lowest BCUT2D eigenvalue weighted by Gasteiger charge is -2.07. The Morgan fingerprint density at radius 3 is 2.48 bits per heavy atom. The summed E-state index contributed by atoms with van der Waals surface area (Å²) >= 11 is 1.76. The molecule has 2 aromatic carbocycles. The predicted octanol–water partition coefficient (Wildman–Crippen LogP) is 2.97. The molecule has 0 aliphatic heterocycles. The van der Waals surface area contributed by atoms with E-state index in [4.69, 9.17) is 5.11 Å². The average Bonchev–Trinajstić information content (AvgIpc) is 2.54. The summed E-state index contributed by atoms with van der Waals surface area (Å²) in [5, 5.41) is 12.0. The maximum Gasteiger partial charge on any atom is 0.251 e. The van der Waals surface area contributed by atoms with Gasteiger partial charge in [0.05, 0.1) is 6.61 Å². The van der Waals surface area contributed by atoms with Crippen LogP contribution in [0.5, 0.6) is 0 Å². The highest BCUT2D eigenvalue weighted by Crippen LogP contribution is 2.11. The number of rotatable bonds is 6. The predicted molar refractivity (Wildman–Crippen MR) is 87.2 cm³/mol. The number of nitrogens with one attached hydrogen (secondary N) is 1. The molecule has 3 nitrogen and oxygen atoms in total. The Morgan fingerprint density at radius 1 is 1.10 bits per heavy atom. The third-order valence-corrected chi connectivity index (χ3v) is 3.78. The van der Waals surface area contributed by atoms with E-state index >= 15 is 0 Å². The van der Waals surface area contributed by atoms with Crippen LogP contribution in [0.2, 0.25) is 0 Å². The minimum Gasteiger partial charge on any atom is -0.392 e. The van der Waals surface area contributed by atoms with Crippen molar-refractivity contribution < 1.29 is 9.90 Å². The van der Waals surface area contributed by atoms with Crippen molar-refractivity contribution in [1.29, 1.82) is 0 Å². The zero-order valence-corrected chi connectivity index (χ0v) is 12.8. The van der Waals surface area contributed by atoms with Crippen LogP contribution >= 0.6 is 11.8 Å². The van der Waals surface area contributed by atoms with Gasteiger partial charge in [0, 0.05) is 17.9 Å². The van der Waals surface area contributed by atoms with E-state index in [2.05, 4.69) is 11.6 Å². The van der Waals surface area contributed by atoms with Crippen LogP contribution in [0.3, 0.4) is 0 Å². The van der Waals surface area contributed by atoms with Crippen molar-refractivity contribution >= 4 is 17.7 Å². The minimum absolute atomic E-state index is 0.0126. The van der Waals surface area contributed by atoms with Crippen LogP contribution in [-0.2, 0) is 18.9 Å². The second-order valence-electron chi connectivity index (χ2n) is 4.79. The van der Waals surface area contributed by atoms with Gasteiger partial charge in [-0.3, -0.25) is 4.79 Å². The van der Waals surface area contributed by atoms with Crippen LogP contribution in [0.4, 0.5) is 0 Å². The summed E-state index contributed by atoms with van der Waals surface area (Å²) in [7, 11) is 0. The molecule has 0 aliphatic rings. The summed E-state index contributed by atoms with van der Waals surface area (Å²) in [6.07, 6.45) is 2.06. The fraction of sp³-hybridized carbons (Fsp3) is 0.235. The van der Waals surface area contributed by atoms with Crippen LogP contribution in [0, 0.1) is 0 Å². The SMILES string of the molecule is CSCc1ccc(C(=O)NCc2cccc(CO)c2)cc1. The number of amides is 1. The number of aliphatic hydroxyl groups is 1. The van der Waals surface area contributed by atoms with E-state index in [1.807, 2.05) is 48.5 Å². The first-order chi connectivity index (χ1) is 10.2. The molecule has 0 aliphatic carbocycles. The molecule has 0 unspecified atom stereocenters. The van der Waals surface area contributed by atoms with Gasteiger partial charge in [0.15, 0.2) is 0 Å². The third-order valence-electron chi connectivity index (χ3n) is 3.15. The molecular formula is C17H19NO2S. The van der Waals surface area contributed by atoms with Crippen LogP contribution in [0.15, 0.2) is 48.5 Å². The van der Waals surface area contributed by atoms with Gasteiger partial charge in [-0.1, -0.05) is 36.4 Å². The number of carbonyl (C=O) groups excluding carboxylic acids is 1. The summed E-state index contributed by atoms with van der Waals surface area (Å²) in [5.41, 5.74) is 3.71. The molecule has 21 heavy (non-hydrogen) atoms. The van der Waals surface area contributed by atoms with E-state index in [1.54, 1.807) is 11.8 Å². The Balaban J connectivity index is 1.94. The van der Waals surface area contributed by atoms with Crippen molar-refractivity contribution in [2.24, 2.45) is 0 Å². The van der Waals surface area contributed by atoms with Gasteiger partial charge in [-0.15, -0.1) is 0 Å². The fourth-order valence-corrected chi connectivity index (χ4v) is 2.57. The molecule has 2 N–H and O–H groups in total. The first-order valence-electron chi connectivity index (χ1n) is 6.77. The lowest BCUT2D eigenvalue weighted by molar-refractivity contribution is 0.0951. The molecule has 0 radical (unpaired) electrons. The Kier molecular flexibility index (Phi) is 5.84. The lowest BCUT2D eigenvalue weighted by Crippen LogP contribution is -2.22. The quantitative estimate of drug-likeness (QED) is 0.862. The van der Waals surface area contributed by atoms with Crippen LogP contribution in [0.25, 0.3) is 0 Å². The van der Waals surface area contributed by atoms with Crippen molar-refractivity contribution in [3.63, 3.8) is 0 Å². The minimum atomic E-state index is -0.0832. The monoisotopic (exact) mass is 301 g/mol. The Bertz CT molecular complexity index is 596. The molecule has 0 fully saturated rings. The van der Waals surface area contributed by atoms with Gasteiger partial charge in [-0.25, -0.2) is 0 Å². The van der Waals surface area contributed by atoms with E-state index < -0.39 is 0 Å². The molecule has 0 heterocycles. The van der Waals surface area contributed by atoms with E-state index in [1.165, 1.54) is 5.56 Å². The Labute approximate surface area is 129 Å². The molecule has 0 saturated heterocycles. The van der Waals surface area contributed by atoms with Gasteiger partial charge in [-0.2, -0.15) is 11.8 Å². The molecule has 4 heteroatoms. The normalized spacial score (nSPS) is 10.4. The molecule has 0 bridgehead atoms. The summed E-state index contributed by atoms with van der Waals surface area (Å²) in [6, 6.07) is 15.2. The molecule has 0 aromatic heterocycles. The summed E-state index contributed by atoms with van der Waals surface area (Å²) < 4.78 is 0. The first kappa shape index (κ1) is 15.6. The number of hydrogen-bond acceptors (Lipinski definition) is 3. The fourth-order valence-electron chi connectivity index (χ4n) is 2.04.